The summed E-state index contributed by atoms with van der Waals surface area (Å²) in [5.74, 6) is 1.25. The Balaban J connectivity index is 2.00. The first-order valence-electron chi connectivity index (χ1n) is 10.0. The molecular formula is C23H27N3O5S. The number of nitrogens with zero attached hydrogens (tertiary/aromatic N) is 3. The topological polar surface area (TPSA) is 102 Å². The summed E-state index contributed by atoms with van der Waals surface area (Å²) in [6, 6.07) is 13.9. The van der Waals surface area contributed by atoms with Gasteiger partial charge in [0.1, 0.15) is 22.9 Å². The molecule has 0 bridgehead atoms. The smallest absolute Gasteiger partial charge is 0.241 e. The Hall–Kier alpha value is -3.17. The molecule has 3 aromatic rings. The van der Waals surface area contributed by atoms with Crippen LogP contribution in [0.25, 0.3) is 0 Å². The minimum Gasteiger partial charge on any atom is -0.497 e. The third-order valence-corrected chi connectivity index (χ3v) is 7.27. The largest absolute Gasteiger partial charge is 0.497 e. The van der Waals surface area contributed by atoms with Crippen LogP contribution in [0.15, 0.2) is 60.9 Å². The first-order valence-corrected chi connectivity index (χ1v) is 11.5. The number of aryl methyl sites for hydroxylation is 1. The summed E-state index contributed by atoms with van der Waals surface area (Å²) in [6.07, 6.45) is 1.69. The van der Waals surface area contributed by atoms with E-state index in [1.165, 1.54) is 18.3 Å². The van der Waals surface area contributed by atoms with E-state index in [0.29, 0.717) is 17.2 Å². The van der Waals surface area contributed by atoms with Crippen molar-refractivity contribution in [3.8, 4) is 11.5 Å². The predicted molar refractivity (Wildman–Crippen MR) is 122 cm³/mol. The molecule has 2 atom stereocenters. The van der Waals surface area contributed by atoms with Crippen LogP contribution >= 0.6 is 0 Å². The molecule has 170 valence electrons. The van der Waals surface area contributed by atoms with Crippen molar-refractivity contribution in [1.29, 1.82) is 0 Å². The van der Waals surface area contributed by atoms with Gasteiger partial charge in [-0.15, -0.1) is 0 Å². The summed E-state index contributed by atoms with van der Waals surface area (Å²) < 4.78 is 39.1. The molecule has 9 heteroatoms. The van der Waals surface area contributed by atoms with Crippen LogP contribution in [0.4, 0.5) is 5.69 Å². The third kappa shape index (κ3) is 5.17. The zero-order chi connectivity index (χ0) is 23.3. The van der Waals surface area contributed by atoms with E-state index in [1.54, 1.807) is 68.0 Å². The Morgan fingerprint density at radius 1 is 1.00 bits per heavy atom. The number of methoxy groups -OCH3 is 2. The summed E-state index contributed by atoms with van der Waals surface area (Å²) in [6.45, 7) is 3.32. The number of aliphatic hydroxyl groups is 1. The lowest BCUT2D eigenvalue weighted by molar-refractivity contribution is 0.165. The fraction of sp³-hybridized carbons (Fsp3) is 0.304. The molecule has 0 aliphatic heterocycles. The molecule has 2 aromatic carbocycles. The van der Waals surface area contributed by atoms with Gasteiger partial charge in [0.05, 0.1) is 26.5 Å². The summed E-state index contributed by atoms with van der Waals surface area (Å²) in [5, 5.41) is 9.58. The number of rotatable bonds is 9. The van der Waals surface area contributed by atoms with Gasteiger partial charge < -0.3 is 14.6 Å². The van der Waals surface area contributed by atoms with E-state index < -0.39 is 21.4 Å². The van der Waals surface area contributed by atoms with E-state index in [2.05, 4.69) is 9.97 Å². The number of benzene rings is 2. The van der Waals surface area contributed by atoms with Crippen LogP contribution in [0, 0.1) is 6.92 Å². The monoisotopic (exact) mass is 457 g/mol. The van der Waals surface area contributed by atoms with Gasteiger partial charge >= 0.3 is 0 Å². The molecule has 0 spiro atoms. The van der Waals surface area contributed by atoms with Gasteiger partial charge in [-0.25, -0.2) is 18.4 Å². The van der Waals surface area contributed by atoms with Gasteiger partial charge in [0.15, 0.2) is 5.82 Å². The Labute approximate surface area is 188 Å². The van der Waals surface area contributed by atoms with Crippen LogP contribution in [0.5, 0.6) is 11.5 Å². The second kappa shape index (κ2) is 9.97. The maximum Gasteiger partial charge on any atom is 0.241 e. The second-order valence-corrected chi connectivity index (χ2v) is 9.58. The van der Waals surface area contributed by atoms with Gasteiger partial charge in [0, 0.05) is 18.5 Å². The van der Waals surface area contributed by atoms with Crippen molar-refractivity contribution in [2.24, 2.45) is 0 Å². The lowest BCUT2D eigenvalue weighted by atomic mass is 10.2. The molecule has 1 aromatic heterocycles. The molecule has 0 amide bonds. The average Bonchev–Trinajstić information content (AvgIpc) is 2.82. The van der Waals surface area contributed by atoms with Gasteiger partial charge in [0.2, 0.25) is 10.0 Å². The van der Waals surface area contributed by atoms with Crippen molar-refractivity contribution >= 4 is 15.7 Å². The highest BCUT2D eigenvalue weighted by Gasteiger charge is 2.36. The quantitative estimate of drug-likeness (QED) is 0.526. The number of hydrogen-bond acceptors (Lipinski definition) is 7. The summed E-state index contributed by atoms with van der Waals surface area (Å²) >= 11 is 0. The molecule has 0 radical (unpaired) electrons. The first kappa shape index (κ1) is 23.5. The van der Waals surface area contributed by atoms with Crippen molar-refractivity contribution in [1.82, 2.24) is 9.97 Å². The van der Waals surface area contributed by atoms with E-state index in [9.17, 15) is 13.5 Å². The first-order chi connectivity index (χ1) is 15.3. The fourth-order valence-electron chi connectivity index (χ4n) is 3.12. The van der Waals surface area contributed by atoms with Crippen LogP contribution in [0.1, 0.15) is 30.0 Å². The minimum absolute atomic E-state index is 0.0571. The van der Waals surface area contributed by atoms with E-state index in [0.717, 1.165) is 11.1 Å². The molecule has 3 rings (SSSR count). The second-order valence-electron chi connectivity index (χ2n) is 7.37. The molecular weight excluding hydrogens is 430 g/mol. The lowest BCUT2D eigenvalue weighted by Crippen LogP contribution is -2.40. The maximum atomic E-state index is 13.7. The normalized spacial score (nSPS) is 13.3. The predicted octanol–water partition coefficient (Wildman–Crippen LogP) is 3.26. The van der Waals surface area contributed by atoms with E-state index in [-0.39, 0.29) is 12.4 Å². The van der Waals surface area contributed by atoms with Gasteiger partial charge in [-0.05, 0) is 49.2 Å². The van der Waals surface area contributed by atoms with E-state index in [4.69, 9.17) is 9.47 Å². The number of aliphatic hydroxyl groups excluding tert-OH is 1. The van der Waals surface area contributed by atoms with Crippen molar-refractivity contribution in [2.45, 2.75) is 31.7 Å². The molecule has 0 aliphatic carbocycles. The highest BCUT2D eigenvalue weighted by molar-refractivity contribution is 7.93. The van der Waals surface area contributed by atoms with Gasteiger partial charge in [-0.1, -0.05) is 18.2 Å². The molecule has 0 aliphatic rings. The zero-order valence-electron chi connectivity index (χ0n) is 18.5. The molecule has 32 heavy (non-hydrogen) atoms. The van der Waals surface area contributed by atoms with Crippen LogP contribution in [0.2, 0.25) is 0 Å². The minimum atomic E-state index is -4.03. The average molecular weight is 458 g/mol. The number of anilines is 1. The Morgan fingerprint density at radius 2 is 1.62 bits per heavy atom. The number of sulfonamides is 1. The van der Waals surface area contributed by atoms with Gasteiger partial charge in [-0.2, -0.15) is 0 Å². The Bertz CT molecular complexity index is 1140. The molecule has 0 saturated heterocycles. The van der Waals surface area contributed by atoms with Gasteiger partial charge in [-0.3, -0.25) is 4.31 Å². The zero-order valence-corrected chi connectivity index (χ0v) is 19.3. The van der Waals surface area contributed by atoms with Crippen LogP contribution in [-0.2, 0) is 16.6 Å². The molecule has 0 unspecified atom stereocenters. The summed E-state index contributed by atoms with van der Waals surface area (Å²) in [5.41, 5.74) is 1.99. The summed E-state index contributed by atoms with van der Waals surface area (Å²) in [4.78, 5) is 8.19. The highest BCUT2D eigenvalue weighted by Crippen LogP contribution is 2.30. The van der Waals surface area contributed by atoms with Gasteiger partial charge in [0.25, 0.3) is 0 Å². The fourth-order valence-corrected chi connectivity index (χ4v) is 4.70. The summed E-state index contributed by atoms with van der Waals surface area (Å²) in [7, 11) is -0.950. The molecule has 1 N–H and O–H groups in total. The van der Waals surface area contributed by atoms with Crippen molar-refractivity contribution < 1.29 is 23.0 Å². The molecule has 0 fully saturated rings. The molecule has 8 nitrogen and oxygen atoms in total. The highest BCUT2D eigenvalue weighted by atomic mass is 32.2. The number of hydrogen-bond donors (Lipinski definition) is 1. The van der Waals surface area contributed by atoms with Crippen LogP contribution in [0.3, 0.4) is 0 Å². The number of ether oxygens (including phenoxy) is 2. The van der Waals surface area contributed by atoms with E-state index in [1.807, 2.05) is 6.92 Å². The number of aromatic nitrogens is 2. The molecule has 0 saturated carbocycles. The van der Waals surface area contributed by atoms with Crippen molar-refractivity contribution in [2.75, 3.05) is 18.5 Å². The lowest BCUT2D eigenvalue weighted by Gasteiger charge is -2.30. The van der Waals surface area contributed by atoms with Crippen molar-refractivity contribution in [3.63, 3.8) is 0 Å². The van der Waals surface area contributed by atoms with Crippen molar-refractivity contribution in [3.05, 3.63) is 77.9 Å². The maximum absolute atomic E-state index is 13.7. The third-order valence-electron chi connectivity index (χ3n) is 5.11. The standard InChI is InChI=1S/C23H27N3O5S/c1-16-13-24-23(25-14-16)22(27)17(2)32(28,29)26(19-6-5-7-21(12-19)31-4)15-18-8-10-20(30-3)11-9-18/h5-14,17,22,27H,15H2,1-4H3/t17-,22+/m1/s1. The van der Waals surface area contributed by atoms with E-state index >= 15 is 0 Å². The Kier molecular flexibility index (Phi) is 7.32. The van der Waals surface area contributed by atoms with Crippen LogP contribution < -0.4 is 13.8 Å². The SMILES string of the molecule is COc1ccc(CN(c2cccc(OC)c2)S(=O)(=O)[C@H](C)[C@H](O)c2ncc(C)cn2)cc1. The Morgan fingerprint density at radius 3 is 2.22 bits per heavy atom. The van der Waals surface area contributed by atoms with Crippen LogP contribution in [-0.4, -0.2) is 43.0 Å². The molecule has 1 heterocycles.